The second kappa shape index (κ2) is 3.36. The molecule has 0 spiro atoms. The highest BCUT2D eigenvalue weighted by Gasteiger charge is 2.41. The van der Waals surface area contributed by atoms with Crippen molar-refractivity contribution < 1.29 is 4.79 Å². The third-order valence-corrected chi connectivity index (χ3v) is 4.90. The van der Waals surface area contributed by atoms with Crippen LogP contribution in [0.5, 0.6) is 0 Å². The molecule has 0 heterocycles. The Hall–Kier alpha value is -0.330. The van der Waals surface area contributed by atoms with Gasteiger partial charge in [-0.15, -0.1) is 0 Å². The van der Waals surface area contributed by atoms with E-state index in [4.69, 9.17) is 0 Å². The van der Waals surface area contributed by atoms with Crippen molar-refractivity contribution in [3.05, 3.63) is 0 Å². The van der Waals surface area contributed by atoms with Gasteiger partial charge in [-0.3, -0.25) is 4.79 Å². The Bertz CT molecular complexity index is 246. The van der Waals surface area contributed by atoms with Gasteiger partial charge in [0.25, 0.3) is 0 Å². The largest absolute Gasteiger partial charge is 0.299 e. The van der Waals surface area contributed by atoms with E-state index in [-0.39, 0.29) is 0 Å². The molecule has 78 valence electrons. The lowest BCUT2D eigenvalue weighted by Crippen LogP contribution is -2.17. The molecule has 1 nitrogen and oxygen atoms in total. The molecule has 1 heteroatoms. The van der Waals surface area contributed by atoms with Crippen molar-refractivity contribution in [3.63, 3.8) is 0 Å². The highest BCUT2D eigenvalue weighted by molar-refractivity contribution is 5.82. The lowest BCUT2D eigenvalue weighted by molar-refractivity contribution is -0.121. The number of carbonyl (C=O) groups excluding carboxylic acids is 1. The quantitative estimate of drug-likeness (QED) is 0.656. The fourth-order valence-corrected chi connectivity index (χ4v) is 4.17. The number of ketones is 1. The summed E-state index contributed by atoms with van der Waals surface area (Å²) in [6.07, 6.45) is 10.4. The normalized spacial score (nSPS) is 46.4. The van der Waals surface area contributed by atoms with Gasteiger partial charge in [-0.2, -0.15) is 0 Å². The average Bonchev–Trinajstić information content (AvgIpc) is 2.83. The third kappa shape index (κ3) is 1.41. The average molecular weight is 192 g/mol. The van der Waals surface area contributed by atoms with Crippen LogP contribution in [0.25, 0.3) is 0 Å². The van der Waals surface area contributed by atoms with Gasteiger partial charge in [0, 0.05) is 12.3 Å². The number of Topliss-reactive ketones (excluding diaryl/α,β-unsaturated/α-hetero) is 1. The molecule has 3 aliphatic rings. The molecular formula is C13H20O. The Morgan fingerprint density at radius 2 is 2.07 bits per heavy atom. The van der Waals surface area contributed by atoms with E-state index in [9.17, 15) is 4.79 Å². The Kier molecular flexibility index (Phi) is 2.14. The van der Waals surface area contributed by atoms with Crippen LogP contribution >= 0.6 is 0 Å². The lowest BCUT2D eigenvalue weighted by atomic mass is 9.81. The van der Waals surface area contributed by atoms with Gasteiger partial charge in [-0.1, -0.05) is 6.42 Å². The van der Waals surface area contributed by atoms with Crippen molar-refractivity contribution in [2.24, 2.45) is 23.7 Å². The summed E-state index contributed by atoms with van der Waals surface area (Å²) in [4.78, 5) is 11.6. The van der Waals surface area contributed by atoms with Crippen LogP contribution in [-0.4, -0.2) is 5.78 Å². The van der Waals surface area contributed by atoms with Crippen LogP contribution in [0, 0.1) is 23.7 Å². The molecule has 0 aromatic carbocycles. The zero-order valence-electron chi connectivity index (χ0n) is 8.87. The molecule has 0 aromatic rings. The number of rotatable bonds is 2. The minimum Gasteiger partial charge on any atom is -0.299 e. The van der Waals surface area contributed by atoms with Crippen LogP contribution in [0.3, 0.4) is 0 Å². The monoisotopic (exact) mass is 192 g/mol. The molecule has 4 unspecified atom stereocenters. The smallest absolute Gasteiger partial charge is 0.135 e. The molecule has 2 bridgehead atoms. The Morgan fingerprint density at radius 1 is 1.14 bits per heavy atom. The maximum absolute atomic E-state index is 11.6. The standard InChI is InChI=1S/C13H20O/c14-13-3-1-2-11(13)8-12-7-9-4-5-10(12)6-9/h9-12H,1-8H2. The van der Waals surface area contributed by atoms with Crippen molar-refractivity contribution in [1.82, 2.24) is 0 Å². The summed E-state index contributed by atoms with van der Waals surface area (Å²) in [7, 11) is 0. The van der Waals surface area contributed by atoms with E-state index in [1.807, 2.05) is 0 Å². The van der Waals surface area contributed by atoms with E-state index in [0.29, 0.717) is 11.7 Å². The molecule has 0 N–H and O–H groups in total. The van der Waals surface area contributed by atoms with Crippen molar-refractivity contribution >= 4 is 5.78 Å². The Morgan fingerprint density at radius 3 is 2.64 bits per heavy atom. The summed E-state index contributed by atoms with van der Waals surface area (Å²) in [5, 5.41) is 0. The maximum Gasteiger partial charge on any atom is 0.135 e. The van der Waals surface area contributed by atoms with Crippen molar-refractivity contribution in [3.8, 4) is 0 Å². The summed E-state index contributed by atoms with van der Waals surface area (Å²) in [5.74, 6) is 4.03. The van der Waals surface area contributed by atoms with E-state index in [0.717, 1.165) is 24.2 Å². The van der Waals surface area contributed by atoms with Crippen LogP contribution in [0.4, 0.5) is 0 Å². The number of carbonyl (C=O) groups is 1. The van der Waals surface area contributed by atoms with Gasteiger partial charge in [0.05, 0.1) is 0 Å². The SMILES string of the molecule is O=C1CCCC1CC1CC2CCC1C2. The Balaban J connectivity index is 1.60. The van der Waals surface area contributed by atoms with Gasteiger partial charge < -0.3 is 0 Å². The summed E-state index contributed by atoms with van der Waals surface area (Å²) >= 11 is 0. The minimum atomic E-state index is 0.472. The highest BCUT2D eigenvalue weighted by Crippen LogP contribution is 2.51. The molecule has 3 aliphatic carbocycles. The molecule has 0 radical (unpaired) electrons. The molecule has 0 saturated heterocycles. The van der Waals surface area contributed by atoms with Gasteiger partial charge in [0.1, 0.15) is 5.78 Å². The van der Waals surface area contributed by atoms with Crippen LogP contribution < -0.4 is 0 Å². The molecule has 4 atom stereocenters. The van der Waals surface area contributed by atoms with Gasteiger partial charge in [0.2, 0.25) is 0 Å². The van der Waals surface area contributed by atoms with Crippen molar-refractivity contribution in [2.75, 3.05) is 0 Å². The number of hydrogen-bond donors (Lipinski definition) is 0. The molecule has 3 fully saturated rings. The fourth-order valence-electron chi connectivity index (χ4n) is 4.17. The van der Waals surface area contributed by atoms with E-state index in [2.05, 4.69) is 0 Å². The predicted molar refractivity (Wildman–Crippen MR) is 55.9 cm³/mol. The van der Waals surface area contributed by atoms with Crippen LogP contribution in [-0.2, 0) is 4.79 Å². The first-order chi connectivity index (χ1) is 6.83. The van der Waals surface area contributed by atoms with Gasteiger partial charge in [-0.25, -0.2) is 0 Å². The van der Waals surface area contributed by atoms with Gasteiger partial charge >= 0.3 is 0 Å². The van der Waals surface area contributed by atoms with Crippen LogP contribution in [0.15, 0.2) is 0 Å². The minimum absolute atomic E-state index is 0.472. The zero-order chi connectivity index (χ0) is 9.54. The van der Waals surface area contributed by atoms with Gasteiger partial charge in [-0.05, 0) is 56.3 Å². The van der Waals surface area contributed by atoms with Crippen molar-refractivity contribution in [2.45, 2.75) is 51.4 Å². The first-order valence-electron chi connectivity index (χ1n) is 6.35. The zero-order valence-corrected chi connectivity index (χ0v) is 8.87. The first kappa shape index (κ1) is 8.94. The second-order valence-corrected chi connectivity index (χ2v) is 5.73. The van der Waals surface area contributed by atoms with E-state index in [1.54, 1.807) is 0 Å². The van der Waals surface area contributed by atoms with E-state index in [1.165, 1.54) is 44.9 Å². The molecule has 0 aromatic heterocycles. The fraction of sp³-hybridized carbons (Fsp3) is 0.923. The Labute approximate surface area is 86.3 Å². The van der Waals surface area contributed by atoms with Gasteiger partial charge in [0.15, 0.2) is 0 Å². The second-order valence-electron chi connectivity index (χ2n) is 5.73. The summed E-state index contributed by atoms with van der Waals surface area (Å²) in [6.45, 7) is 0. The maximum atomic E-state index is 11.6. The number of fused-ring (bicyclic) bond motifs is 2. The van der Waals surface area contributed by atoms with E-state index >= 15 is 0 Å². The summed E-state index contributed by atoms with van der Waals surface area (Å²) in [5.41, 5.74) is 0. The summed E-state index contributed by atoms with van der Waals surface area (Å²) in [6, 6.07) is 0. The van der Waals surface area contributed by atoms with Crippen molar-refractivity contribution in [1.29, 1.82) is 0 Å². The predicted octanol–water partition coefficient (Wildman–Crippen LogP) is 3.18. The molecule has 3 saturated carbocycles. The molecule has 0 amide bonds. The summed E-state index contributed by atoms with van der Waals surface area (Å²) < 4.78 is 0. The van der Waals surface area contributed by atoms with E-state index < -0.39 is 0 Å². The highest BCUT2D eigenvalue weighted by atomic mass is 16.1. The molecular weight excluding hydrogens is 172 g/mol. The molecule has 14 heavy (non-hydrogen) atoms. The lowest BCUT2D eigenvalue weighted by Gasteiger charge is -2.23. The number of hydrogen-bond acceptors (Lipinski definition) is 1. The topological polar surface area (TPSA) is 17.1 Å². The molecule has 0 aliphatic heterocycles. The van der Waals surface area contributed by atoms with Crippen LogP contribution in [0.2, 0.25) is 0 Å². The molecule has 3 rings (SSSR count). The first-order valence-corrected chi connectivity index (χ1v) is 6.35. The van der Waals surface area contributed by atoms with Crippen LogP contribution in [0.1, 0.15) is 51.4 Å². The third-order valence-electron chi connectivity index (χ3n) is 4.90.